The van der Waals surface area contributed by atoms with Gasteiger partial charge in [-0.25, -0.2) is 0 Å². The maximum atomic E-state index is 6.11. The fourth-order valence-electron chi connectivity index (χ4n) is 1.39. The Labute approximate surface area is 84.9 Å². The Morgan fingerprint density at radius 1 is 1.43 bits per heavy atom. The summed E-state index contributed by atoms with van der Waals surface area (Å²) in [6.07, 6.45) is 4.40. The van der Waals surface area contributed by atoms with Crippen LogP contribution in [0.15, 0.2) is 4.52 Å². The summed E-state index contributed by atoms with van der Waals surface area (Å²) < 4.78 is 4.92. The minimum atomic E-state index is -0.451. The second kappa shape index (κ2) is 4.55. The minimum Gasteiger partial charge on any atom is -0.340 e. The molecule has 0 aliphatic rings. The molecule has 1 atom stereocenters. The van der Waals surface area contributed by atoms with Crippen LogP contribution in [0, 0.1) is 6.92 Å². The lowest BCUT2D eigenvalue weighted by Gasteiger charge is -2.19. The highest BCUT2D eigenvalue weighted by molar-refractivity contribution is 5.00. The van der Waals surface area contributed by atoms with Gasteiger partial charge in [-0.1, -0.05) is 31.3 Å². The normalized spacial score (nSPS) is 15.4. The van der Waals surface area contributed by atoms with Crippen molar-refractivity contribution >= 4 is 0 Å². The molecule has 1 rings (SSSR count). The van der Waals surface area contributed by atoms with Gasteiger partial charge in [0.15, 0.2) is 5.82 Å². The maximum absolute atomic E-state index is 6.11. The fraction of sp³-hybridized carbons (Fsp3) is 0.800. The molecule has 0 aliphatic carbocycles. The first-order valence-electron chi connectivity index (χ1n) is 5.16. The SMILES string of the molecule is CCCCCC(C)(N)c1noc(C)n1. The number of nitrogens with two attached hydrogens (primary N) is 1. The fourth-order valence-corrected chi connectivity index (χ4v) is 1.39. The molecule has 1 aromatic rings. The van der Waals surface area contributed by atoms with Gasteiger partial charge in [0.1, 0.15) is 0 Å². The Hall–Kier alpha value is -0.900. The largest absolute Gasteiger partial charge is 0.340 e. The van der Waals surface area contributed by atoms with Gasteiger partial charge in [-0.3, -0.25) is 0 Å². The zero-order chi connectivity index (χ0) is 10.6. The summed E-state index contributed by atoms with van der Waals surface area (Å²) in [5, 5.41) is 3.86. The molecule has 0 radical (unpaired) electrons. The predicted molar refractivity (Wildman–Crippen MR) is 54.7 cm³/mol. The molecule has 0 fully saturated rings. The molecule has 0 bridgehead atoms. The minimum absolute atomic E-state index is 0.451. The topological polar surface area (TPSA) is 64.9 Å². The molecule has 0 spiro atoms. The van der Waals surface area contributed by atoms with E-state index in [2.05, 4.69) is 17.1 Å². The first-order valence-corrected chi connectivity index (χ1v) is 5.16. The summed E-state index contributed by atoms with van der Waals surface area (Å²) in [5.74, 6) is 1.19. The van der Waals surface area contributed by atoms with Crippen molar-refractivity contribution in [3.05, 3.63) is 11.7 Å². The average Bonchev–Trinajstić information content (AvgIpc) is 2.53. The van der Waals surface area contributed by atoms with Crippen LogP contribution in [0.4, 0.5) is 0 Å². The molecule has 80 valence electrons. The highest BCUT2D eigenvalue weighted by atomic mass is 16.5. The van der Waals surface area contributed by atoms with Crippen LogP contribution >= 0.6 is 0 Å². The van der Waals surface area contributed by atoms with Gasteiger partial charge in [-0.15, -0.1) is 0 Å². The molecule has 14 heavy (non-hydrogen) atoms. The Kier molecular flexibility index (Phi) is 3.63. The van der Waals surface area contributed by atoms with E-state index >= 15 is 0 Å². The molecule has 1 aromatic heterocycles. The van der Waals surface area contributed by atoms with Gasteiger partial charge in [0.2, 0.25) is 5.89 Å². The lowest BCUT2D eigenvalue weighted by Crippen LogP contribution is -2.34. The summed E-state index contributed by atoms with van der Waals surface area (Å²) in [7, 11) is 0. The smallest absolute Gasteiger partial charge is 0.223 e. The number of hydrogen-bond donors (Lipinski definition) is 1. The number of hydrogen-bond acceptors (Lipinski definition) is 4. The van der Waals surface area contributed by atoms with Crippen LogP contribution in [-0.4, -0.2) is 10.1 Å². The van der Waals surface area contributed by atoms with E-state index in [1.54, 1.807) is 6.92 Å². The summed E-state index contributed by atoms with van der Waals surface area (Å²) in [6, 6.07) is 0. The third kappa shape index (κ3) is 2.80. The molecule has 2 N–H and O–H groups in total. The van der Waals surface area contributed by atoms with E-state index in [0.717, 1.165) is 12.8 Å². The van der Waals surface area contributed by atoms with Gasteiger partial charge < -0.3 is 10.3 Å². The van der Waals surface area contributed by atoms with E-state index in [9.17, 15) is 0 Å². The second-order valence-electron chi connectivity index (χ2n) is 4.01. The summed E-state index contributed by atoms with van der Waals surface area (Å²) in [4.78, 5) is 4.16. The third-order valence-electron chi connectivity index (χ3n) is 2.34. The molecule has 0 saturated carbocycles. The standard InChI is InChI=1S/C10H19N3O/c1-4-5-6-7-10(3,11)9-12-8(2)14-13-9/h4-7,11H2,1-3H3. The molecule has 0 aromatic carbocycles. The number of nitrogens with zero attached hydrogens (tertiary/aromatic N) is 2. The molecule has 1 heterocycles. The van der Waals surface area contributed by atoms with Crippen molar-refractivity contribution in [2.45, 2.75) is 52.0 Å². The van der Waals surface area contributed by atoms with E-state index in [1.807, 2.05) is 6.92 Å². The lowest BCUT2D eigenvalue weighted by atomic mass is 9.95. The van der Waals surface area contributed by atoms with Crippen LogP contribution in [0.1, 0.15) is 51.2 Å². The number of unbranched alkanes of at least 4 members (excludes halogenated alkanes) is 2. The number of aryl methyl sites for hydroxylation is 1. The van der Waals surface area contributed by atoms with Crippen molar-refractivity contribution in [3.63, 3.8) is 0 Å². The molecular weight excluding hydrogens is 178 g/mol. The second-order valence-corrected chi connectivity index (χ2v) is 4.01. The third-order valence-corrected chi connectivity index (χ3v) is 2.34. The highest BCUT2D eigenvalue weighted by Crippen LogP contribution is 2.21. The van der Waals surface area contributed by atoms with Gasteiger partial charge in [0.05, 0.1) is 5.54 Å². The molecule has 0 saturated heterocycles. The maximum Gasteiger partial charge on any atom is 0.223 e. The Bertz CT molecular complexity index is 281. The van der Waals surface area contributed by atoms with Crippen molar-refractivity contribution in [2.75, 3.05) is 0 Å². The number of rotatable bonds is 5. The van der Waals surface area contributed by atoms with Crippen LogP contribution in [0.2, 0.25) is 0 Å². The van der Waals surface area contributed by atoms with E-state index in [1.165, 1.54) is 12.8 Å². The predicted octanol–water partition coefficient (Wildman–Crippen LogP) is 2.13. The van der Waals surface area contributed by atoms with E-state index in [0.29, 0.717) is 11.7 Å². The van der Waals surface area contributed by atoms with Gasteiger partial charge >= 0.3 is 0 Å². The molecule has 0 aliphatic heterocycles. The lowest BCUT2D eigenvalue weighted by molar-refractivity contribution is 0.349. The van der Waals surface area contributed by atoms with Crippen molar-refractivity contribution < 1.29 is 4.52 Å². The summed E-state index contributed by atoms with van der Waals surface area (Å²) in [5.41, 5.74) is 5.66. The van der Waals surface area contributed by atoms with E-state index in [4.69, 9.17) is 10.3 Å². The van der Waals surface area contributed by atoms with Gasteiger partial charge in [-0.05, 0) is 13.3 Å². The molecule has 1 unspecified atom stereocenters. The highest BCUT2D eigenvalue weighted by Gasteiger charge is 2.25. The average molecular weight is 197 g/mol. The van der Waals surface area contributed by atoms with Crippen molar-refractivity contribution in [3.8, 4) is 0 Å². The summed E-state index contributed by atoms with van der Waals surface area (Å²) >= 11 is 0. The Balaban J connectivity index is 2.56. The number of aromatic nitrogens is 2. The molecule has 0 amide bonds. The van der Waals surface area contributed by atoms with E-state index < -0.39 is 5.54 Å². The first kappa shape index (κ1) is 11.2. The van der Waals surface area contributed by atoms with E-state index in [-0.39, 0.29) is 0 Å². The van der Waals surface area contributed by atoms with Crippen LogP contribution in [-0.2, 0) is 5.54 Å². The zero-order valence-corrected chi connectivity index (χ0v) is 9.21. The van der Waals surface area contributed by atoms with Crippen LogP contribution in [0.25, 0.3) is 0 Å². The van der Waals surface area contributed by atoms with Gasteiger partial charge in [-0.2, -0.15) is 4.98 Å². The Morgan fingerprint density at radius 3 is 2.64 bits per heavy atom. The quantitative estimate of drug-likeness (QED) is 0.734. The molecule has 4 nitrogen and oxygen atoms in total. The van der Waals surface area contributed by atoms with Crippen molar-refractivity contribution in [2.24, 2.45) is 5.73 Å². The van der Waals surface area contributed by atoms with Crippen LogP contribution < -0.4 is 5.73 Å². The monoisotopic (exact) mass is 197 g/mol. The van der Waals surface area contributed by atoms with Gasteiger partial charge in [0, 0.05) is 6.92 Å². The zero-order valence-electron chi connectivity index (χ0n) is 9.21. The van der Waals surface area contributed by atoms with Crippen LogP contribution in [0.5, 0.6) is 0 Å². The summed E-state index contributed by atoms with van der Waals surface area (Å²) in [6.45, 7) is 5.90. The van der Waals surface area contributed by atoms with Crippen LogP contribution in [0.3, 0.4) is 0 Å². The molecule has 4 heteroatoms. The molecular formula is C10H19N3O. The first-order chi connectivity index (χ1) is 6.56. The van der Waals surface area contributed by atoms with Crippen molar-refractivity contribution in [1.29, 1.82) is 0 Å². The Morgan fingerprint density at radius 2 is 2.14 bits per heavy atom. The van der Waals surface area contributed by atoms with Gasteiger partial charge in [0.25, 0.3) is 0 Å². The van der Waals surface area contributed by atoms with Crippen molar-refractivity contribution in [1.82, 2.24) is 10.1 Å².